The largest absolute Gasteiger partial charge is 0.507 e. The zero-order valence-corrected chi connectivity index (χ0v) is 17.5. The fourth-order valence-corrected chi connectivity index (χ4v) is 4.72. The van der Waals surface area contributed by atoms with E-state index in [1.165, 1.54) is 0 Å². The van der Waals surface area contributed by atoms with Gasteiger partial charge in [-0.25, -0.2) is 9.37 Å². The van der Waals surface area contributed by atoms with Gasteiger partial charge in [0.1, 0.15) is 17.6 Å². The first-order chi connectivity index (χ1) is 14.4. The van der Waals surface area contributed by atoms with E-state index in [9.17, 15) is 5.11 Å². The Morgan fingerprint density at radius 2 is 2.10 bits per heavy atom. The highest BCUT2D eigenvalue weighted by Crippen LogP contribution is 2.48. The van der Waals surface area contributed by atoms with Crippen LogP contribution in [0.15, 0.2) is 43.4 Å². The molecule has 0 aliphatic heterocycles. The number of halogens is 1. The number of aromatic hydroxyl groups is 1. The maximum atomic E-state index is 15.4. The molecule has 1 N–H and O–H groups in total. The molecule has 0 unspecified atom stereocenters. The van der Waals surface area contributed by atoms with Gasteiger partial charge in [-0.3, -0.25) is 4.98 Å². The van der Waals surface area contributed by atoms with Crippen molar-refractivity contribution in [2.75, 3.05) is 0 Å². The molecule has 4 rings (SSSR count). The van der Waals surface area contributed by atoms with E-state index in [0.29, 0.717) is 22.7 Å². The minimum Gasteiger partial charge on any atom is -0.507 e. The van der Waals surface area contributed by atoms with E-state index in [1.54, 1.807) is 24.7 Å². The number of alkyl halides is 1. The van der Waals surface area contributed by atoms with E-state index in [4.69, 9.17) is 0 Å². The Labute approximate surface area is 176 Å². The standard InChI is InChI=1S/C24H27FN4O/c1-4-8-24(3)9-5-6-18(22(24)25)15(2)20-14-27-23(29-28-20)19-11-16-7-10-26-13-17(16)12-21(19)30/h7,10-14,18,22,30H,2,4-6,8-9H2,1,3H3/t18-,22-,24-/m1/s1. The quantitative estimate of drug-likeness (QED) is 0.584. The van der Waals surface area contributed by atoms with E-state index in [1.807, 2.05) is 19.1 Å². The summed E-state index contributed by atoms with van der Waals surface area (Å²) in [5, 5.41) is 20.6. The average molecular weight is 407 g/mol. The molecular formula is C24H27FN4O. The van der Waals surface area contributed by atoms with Crippen molar-refractivity contribution in [3.8, 4) is 17.1 Å². The first-order valence-electron chi connectivity index (χ1n) is 10.5. The zero-order chi connectivity index (χ0) is 21.3. The molecule has 0 radical (unpaired) electrons. The third-order valence-electron chi connectivity index (χ3n) is 6.44. The van der Waals surface area contributed by atoms with Crippen LogP contribution in [0.5, 0.6) is 5.75 Å². The smallest absolute Gasteiger partial charge is 0.185 e. The van der Waals surface area contributed by atoms with Crippen LogP contribution in [0.25, 0.3) is 27.7 Å². The van der Waals surface area contributed by atoms with Crippen LogP contribution in [0, 0.1) is 11.3 Å². The summed E-state index contributed by atoms with van der Waals surface area (Å²) >= 11 is 0. The van der Waals surface area contributed by atoms with Gasteiger partial charge in [-0.1, -0.05) is 33.3 Å². The Morgan fingerprint density at radius 1 is 1.27 bits per heavy atom. The van der Waals surface area contributed by atoms with Crippen molar-refractivity contribution in [3.63, 3.8) is 0 Å². The molecular weight excluding hydrogens is 379 g/mol. The molecule has 0 saturated heterocycles. The maximum Gasteiger partial charge on any atom is 0.185 e. The molecule has 1 aliphatic carbocycles. The predicted octanol–water partition coefficient (Wildman–Crippen LogP) is 5.75. The molecule has 156 valence electrons. The van der Waals surface area contributed by atoms with Crippen LogP contribution in [0.4, 0.5) is 4.39 Å². The van der Waals surface area contributed by atoms with Crippen molar-refractivity contribution in [1.29, 1.82) is 0 Å². The van der Waals surface area contributed by atoms with Gasteiger partial charge in [-0.05, 0) is 53.8 Å². The van der Waals surface area contributed by atoms with E-state index >= 15 is 4.39 Å². The number of phenolic OH excluding ortho intramolecular Hbond substituents is 1. The number of rotatable bonds is 5. The highest BCUT2D eigenvalue weighted by molar-refractivity contribution is 5.88. The van der Waals surface area contributed by atoms with Crippen molar-refractivity contribution in [2.45, 2.75) is 52.1 Å². The van der Waals surface area contributed by atoms with Crippen molar-refractivity contribution < 1.29 is 9.50 Å². The molecule has 6 heteroatoms. The molecule has 1 saturated carbocycles. The molecule has 2 aromatic heterocycles. The van der Waals surface area contributed by atoms with E-state index in [-0.39, 0.29) is 17.1 Å². The van der Waals surface area contributed by atoms with Crippen molar-refractivity contribution in [1.82, 2.24) is 20.2 Å². The number of benzene rings is 1. The van der Waals surface area contributed by atoms with Gasteiger partial charge < -0.3 is 5.11 Å². The summed E-state index contributed by atoms with van der Waals surface area (Å²) in [5.74, 6) is 0.119. The number of phenols is 1. The Morgan fingerprint density at radius 3 is 2.83 bits per heavy atom. The number of nitrogens with zero attached hydrogens (tertiary/aromatic N) is 4. The maximum absolute atomic E-state index is 15.4. The van der Waals surface area contributed by atoms with Gasteiger partial charge >= 0.3 is 0 Å². The molecule has 1 fully saturated rings. The van der Waals surface area contributed by atoms with Gasteiger partial charge in [0.25, 0.3) is 0 Å². The van der Waals surface area contributed by atoms with Crippen molar-refractivity contribution in [2.24, 2.45) is 11.3 Å². The number of hydrogen-bond acceptors (Lipinski definition) is 5. The molecule has 30 heavy (non-hydrogen) atoms. The highest BCUT2D eigenvalue weighted by atomic mass is 19.1. The molecule has 0 spiro atoms. The molecule has 3 atom stereocenters. The summed E-state index contributed by atoms with van der Waals surface area (Å²) in [5.41, 5.74) is 1.35. The Balaban J connectivity index is 1.59. The van der Waals surface area contributed by atoms with Crippen LogP contribution in [0.1, 0.15) is 51.6 Å². The number of allylic oxidation sites excluding steroid dienone is 1. The molecule has 5 nitrogen and oxygen atoms in total. The molecule has 0 amide bonds. The number of pyridine rings is 1. The van der Waals surface area contributed by atoms with Crippen LogP contribution < -0.4 is 0 Å². The summed E-state index contributed by atoms with van der Waals surface area (Å²) < 4.78 is 15.4. The third-order valence-corrected chi connectivity index (χ3v) is 6.44. The first-order valence-corrected chi connectivity index (χ1v) is 10.5. The topological polar surface area (TPSA) is 71.8 Å². The lowest BCUT2D eigenvalue weighted by molar-refractivity contribution is 0.0363. The summed E-state index contributed by atoms with van der Waals surface area (Å²) in [4.78, 5) is 8.46. The van der Waals surface area contributed by atoms with Gasteiger partial charge in [0.15, 0.2) is 5.82 Å². The second-order valence-electron chi connectivity index (χ2n) is 8.59. The number of fused-ring (bicyclic) bond motifs is 1. The summed E-state index contributed by atoms with van der Waals surface area (Å²) in [6.07, 6.45) is 8.52. The number of aromatic nitrogens is 4. The Hall–Kier alpha value is -2.89. The molecule has 2 heterocycles. The fourth-order valence-electron chi connectivity index (χ4n) is 4.72. The lowest BCUT2D eigenvalue weighted by Crippen LogP contribution is -2.39. The second kappa shape index (κ2) is 8.09. The van der Waals surface area contributed by atoms with Gasteiger partial charge in [0, 0.05) is 23.7 Å². The first kappa shape index (κ1) is 20.4. The van der Waals surface area contributed by atoms with Crippen LogP contribution >= 0.6 is 0 Å². The van der Waals surface area contributed by atoms with Gasteiger partial charge in [-0.2, -0.15) is 0 Å². The normalized spacial score (nSPS) is 24.1. The van der Waals surface area contributed by atoms with Crippen LogP contribution in [-0.4, -0.2) is 31.4 Å². The summed E-state index contributed by atoms with van der Waals surface area (Å²) in [6.45, 7) is 8.29. The van der Waals surface area contributed by atoms with E-state index in [0.717, 1.165) is 42.9 Å². The molecule has 3 aromatic rings. The molecule has 0 bridgehead atoms. The predicted molar refractivity (Wildman–Crippen MR) is 117 cm³/mol. The van der Waals surface area contributed by atoms with Gasteiger partial charge in [-0.15, -0.1) is 10.2 Å². The van der Waals surface area contributed by atoms with Crippen LogP contribution in [0.2, 0.25) is 0 Å². The number of hydrogen-bond donors (Lipinski definition) is 1. The Bertz CT molecular complexity index is 1060. The van der Waals surface area contributed by atoms with Crippen molar-refractivity contribution in [3.05, 3.63) is 49.1 Å². The van der Waals surface area contributed by atoms with E-state index in [2.05, 4.69) is 33.7 Å². The second-order valence-corrected chi connectivity index (χ2v) is 8.59. The average Bonchev–Trinajstić information content (AvgIpc) is 2.75. The minimum absolute atomic E-state index is 0.0651. The lowest BCUT2D eigenvalue weighted by Gasteiger charge is -2.42. The SMILES string of the molecule is C=C(c1cnc(-c2cc3ccncc3cc2O)nn1)[C@H]1CCC[C@@](C)(CCC)[C@@H]1F. The van der Waals surface area contributed by atoms with Gasteiger partial charge in [0.2, 0.25) is 0 Å². The highest BCUT2D eigenvalue weighted by Gasteiger charge is 2.43. The Kier molecular flexibility index (Phi) is 5.50. The molecule has 1 aromatic carbocycles. The van der Waals surface area contributed by atoms with Gasteiger partial charge in [0.05, 0.1) is 11.8 Å². The zero-order valence-electron chi connectivity index (χ0n) is 17.5. The lowest BCUT2D eigenvalue weighted by atomic mass is 9.65. The summed E-state index contributed by atoms with van der Waals surface area (Å²) in [7, 11) is 0. The third kappa shape index (κ3) is 3.66. The van der Waals surface area contributed by atoms with Crippen LogP contribution in [-0.2, 0) is 0 Å². The van der Waals surface area contributed by atoms with E-state index < -0.39 is 6.17 Å². The van der Waals surface area contributed by atoms with Crippen LogP contribution in [0.3, 0.4) is 0 Å². The minimum atomic E-state index is -0.946. The fraction of sp³-hybridized carbons (Fsp3) is 0.417. The summed E-state index contributed by atoms with van der Waals surface area (Å²) in [6, 6.07) is 5.31. The monoisotopic (exact) mass is 406 g/mol. The molecule has 1 aliphatic rings. The van der Waals surface area contributed by atoms with Crippen molar-refractivity contribution >= 4 is 16.3 Å².